The Morgan fingerprint density at radius 1 is 1.42 bits per heavy atom. The average Bonchev–Trinajstić information content (AvgIpc) is 3.04. The van der Waals surface area contributed by atoms with Gasteiger partial charge in [0.05, 0.1) is 6.54 Å². The van der Waals surface area contributed by atoms with Gasteiger partial charge in [0.15, 0.2) is 11.8 Å². The highest BCUT2D eigenvalue weighted by Crippen LogP contribution is 2.13. The summed E-state index contributed by atoms with van der Waals surface area (Å²) in [6.07, 6.45) is 2.42. The predicted octanol–water partition coefficient (Wildman–Crippen LogP) is 1.29. The lowest BCUT2D eigenvalue weighted by Crippen LogP contribution is -2.47. The summed E-state index contributed by atoms with van der Waals surface area (Å²) in [5.74, 6) is 2.26. The van der Waals surface area contributed by atoms with Crippen LogP contribution in [0.25, 0.3) is 0 Å². The summed E-state index contributed by atoms with van der Waals surface area (Å²) in [7, 11) is 3.38. The zero-order valence-electron chi connectivity index (χ0n) is 15.2. The molecule has 1 unspecified atom stereocenters. The first-order valence-electron chi connectivity index (χ1n) is 8.81. The van der Waals surface area contributed by atoms with Gasteiger partial charge in [-0.3, -0.25) is 4.99 Å². The SMILES string of the molecule is CN=C(NCCc1ccccc1F)NC1CCc2nc(COC)nn2C1. The molecule has 2 N–H and O–H groups in total. The van der Waals surface area contributed by atoms with Crippen LogP contribution in [0.5, 0.6) is 0 Å². The molecule has 0 saturated carbocycles. The van der Waals surface area contributed by atoms with E-state index in [1.807, 2.05) is 10.7 Å². The third-order valence-electron chi connectivity index (χ3n) is 4.38. The zero-order chi connectivity index (χ0) is 18.4. The van der Waals surface area contributed by atoms with E-state index in [4.69, 9.17) is 4.74 Å². The van der Waals surface area contributed by atoms with Crippen molar-refractivity contribution in [2.45, 2.75) is 38.5 Å². The van der Waals surface area contributed by atoms with Gasteiger partial charge in [-0.25, -0.2) is 14.1 Å². The lowest BCUT2D eigenvalue weighted by atomic mass is 10.1. The van der Waals surface area contributed by atoms with Gasteiger partial charge in [0.25, 0.3) is 0 Å². The normalized spacial score (nSPS) is 17.0. The molecule has 140 valence electrons. The fourth-order valence-corrected chi connectivity index (χ4v) is 3.07. The van der Waals surface area contributed by atoms with Crippen molar-refractivity contribution in [3.05, 3.63) is 47.3 Å². The van der Waals surface area contributed by atoms with E-state index < -0.39 is 0 Å². The van der Waals surface area contributed by atoms with Crippen LogP contribution >= 0.6 is 0 Å². The lowest BCUT2D eigenvalue weighted by Gasteiger charge is -2.25. The van der Waals surface area contributed by atoms with Crippen molar-refractivity contribution in [2.75, 3.05) is 20.7 Å². The van der Waals surface area contributed by atoms with Crippen LogP contribution in [0.15, 0.2) is 29.3 Å². The highest BCUT2D eigenvalue weighted by molar-refractivity contribution is 5.79. The van der Waals surface area contributed by atoms with E-state index in [1.165, 1.54) is 6.07 Å². The second-order valence-corrected chi connectivity index (χ2v) is 6.28. The Balaban J connectivity index is 1.50. The number of aromatic nitrogens is 3. The molecule has 26 heavy (non-hydrogen) atoms. The van der Waals surface area contributed by atoms with E-state index >= 15 is 0 Å². The minimum Gasteiger partial charge on any atom is -0.377 e. The van der Waals surface area contributed by atoms with Crippen LogP contribution in [0, 0.1) is 5.82 Å². The Morgan fingerprint density at radius 2 is 2.27 bits per heavy atom. The number of guanidine groups is 1. The number of fused-ring (bicyclic) bond motifs is 1. The van der Waals surface area contributed by atoms with Crippen LogP contribution in [0.3, 0.4) is 0 Å². The summed E-state index contributed by atoms with van der Waals surface area (Å²) >= 11 is 0. The number of benzene rings is 1. The molecule has 1 aromatic carbocycles. The molecular weight excluding hydrogens is 335 g/mol. The fraction of sp³-hybridized carbons (Fsp3) is 0.500. The number of ether oxygens (including phenoxy) is 1. The van der Waals surface area contributed by atoms with E-state index in [0.29, 0.717) is 31.1 Å². The fourth-order valence-electron chi connectivity index (χ4n) is 3.07. The van der Waals surface area contributed by atoms with Crippen LogP contribution in [0.1, 0.15) is 23.6 Å². The molecule has 1 aliphatic rings. The molecule has 1 aromatic heterocycles. The Labute approximate surface area is 152 Å². The molecule has 0 spiro atoms. The van der Waals surface area contributed by atoms with Gasteiger partial charge in [-0.2, -0.15) is 5.10 Å². The quantitative estimate of drug-likeness (QED) is 0.600. The number of rotatable bonds is 6. The first kappa shape index (κ1) is 18.3. The molecule has 0 fully saturated rings. The predicted molar refractivity (Wildman–Crippen MR) is 97.4 cm³/mol. The number of hydrogen-bond acceptors (Lipinski definition) is 4. The van der Waals surface area contributed by atoms with Crippen molar-refractivity contribution in [3.8, 4) is 0 Å². The Morgan fingerprint density at radius 3 is 3.04 bits per heavy atom. The number of nitrogens with zero attached hydrogens (tertiary/aromatic N) is 4. The van der Waals surface area contributed by atoms with E-state index in [-0.39, 0.29) is 11.9 Å². The third-order valence-corrected chi connectivity index (χ3v) is 4.38. The summed E-state index contributed by atoms with van der Waals surface area (Å²) in [5, 5.41) is 11.1. The summed E-state index contributed by atoms with van der Waals surface area (Å²) in [6.45, 7) is 1.78. The topological polar surface area (TPSA) is 76.4 Å². The first-order valence-corrected chi connectivity index (χ1v) is 8.81. The molecule has 3 rings (SSSR count). The zero-order valence-corrected chi connectivity index (χ0v) is 15.2. The summed E-state index contributed by atoms with van der Waals surface area (Å²) in [5.41, 5.74) is 0.700. The minimum atomic E-state index is -0.171. The molecule has 2 heterocycles. The molecule has 2 aromatic rings. The standard InChI is InChI=1S/C18H25FN6O/c1-20-18(21-10-9-13-5-3-4-6-15(13)19)22-14-7-8-17-23-16(12-26-2)24-25(17)11-14/h3-6,14H,7-12H2,1-2H3,(H2,20,21,22). The number of hydrogen-bond donors (Lipinski definition) is 2. The number of nitrogens with one attached hydrogen (secondary N) is 2. The molecule has 1 atom stereocenters. The van der Waals surface area contributed by atoms with E-state index in [0.717, 1.165) is 31.0 Å². The molecular formula is C18H25FN6O. The first-order chi connectivity index (χ1) is 12.7. The Hall–Kier alpha value is -2.48. The molecule has 7 nitrogen and oxygen atoms in total. The highest BCUT2D eigenvalue weighted by atomic mass is 19.1. The molecule has 0 saturated heterocycles. The summed E-state index contributed by atoms with van der Waals surface area (Å²) < 4.78 is 20.7. The van der Waals surface area contributed by atoms with Crippen molar-refractivity contribution in [1.29, 1.82) is 0 Å². The molecule has 0 bridgehead atoms. The summed E-state index contributed by atoms with van der Waals surface area (Å²) in [4.78, 5) is 8.75. The maximum atomic E-state index is 13.7. The second-order valence-electron chi connectivity index (χ2n) is 6.28. The third kappa shape index (κ3) is 4.57. The lowest BCUT2D eigenvalue weighted by molar-refractivity contribution is 0.177. The van der Waals surface area contributed by atoms with Crippen LogP contribution in [0.2, 0.25) is 0 Å². The van der Waals surface area contributed by atoms with Crippen molar-refractivity contribution < 1.29 is 9.13 Å². The Kier molecular flexibility index (Phi) is 6.17. The smallest absolute Gasteiger partial charge is 0.191 e. The highest BCUT2D eigenvalue weighted by Gasteiger charge is 2.22. The minimum absolute atomic E-state index is 0.171. The molecule has 0 amide bonds. The van der Waals surface area contributed by atoms with E-state index in [9.17, 15) is 4.39 Å². The summed E-state index contributed by atoms with van der Waals surface area (Å²) in [6, 6.07) is 7.06. The largest absolute Gasteiger partial charge is 0.377 e. The van der Waals surface area contributed by atoms with Gasteiger partial charge < -0.3 is 15.4 Å². The number of aryl methyl sites for hydroxylation is 1. The van der Waals surface area contributed by atoms with Gasteiger partial charge >= 0.3 is 0 Å². The van der Waals surface area contributed by atoms with Crippen molar-refractivity contribution in [2.24, 2.45) is 4.99 Å². The molecule has 1 aliphatic heterocycles. The maximum Gasteiger partial charge on any atom is 0.191 e. The van der Waals surface area contributed by atoms with Crippen LogP contribution in [0.4, 0.5) is 4.39 Å². The monoisotopic (exact) mass is 360 g/mol. The van der Waals surface area contributed by atoms with Crippen molar-refractivity contribution in [1.82, 2.24) is 25.4 Å². The maximum absolute atomic E-state index is 13.7. The Bertz CT molecular complexity index is 760. The van der Waals surface area contributed by atoms with Crippen molar-refractivity contribution >= 4 is 5.96 Å². The van der Waals surface area contributed by atoms with Crippen LogP contribution < -0.4 is 10.6 Å². The number of methoxy groups -OCH3 is 1. The van der Waals surface area contributed by atoms with Crippen LogP contribution in [-0.4, -0.2) is 47.5 Å². The second kappa shape index (κ2) is 8.75. The number of halogens is 1. The molecule has 0 aliphatic carbocycles. The van der Waals surface area contributed by atoms with E-state index in [1.54, 1.807) is 26.3 Å². The number of aliphatic imine (C=N–C) groups is 1. The molecule has 8 heteroatoms. The van der Waals surface area contributed by atoms with E-state index in [2.05, 4.69) is 25.7 Å². The van der Waals surface area contributed by atoms with Gasteiger partial charge in [-0.1, -0.05) is 18.2 Å². The van der Waals surface area contributed by atoms with Crippen molar-refractivity contribution in [3.63, 3.8) is 0 Å². The van der Waals surface area contributed by atoms with Gasteiger partial charge in [-0.05, 0) is 24.5 Å². The van der Waals surface area contributed by atoms with Gasteiger partial charge in [0.2, 0.25) is 0 Å². The van der Waals surface area contributed by atoms with Gasteiger partial charge in [-0.15, -0.1) is 0 Å². The molecule has 0 radical (unpaired) electrons. The van der Waals surface area contributed by atoms with Crippen LogP contribution in [-0.2, 0) is 30.7 Å². The van der Waals surface area contributed by atoms with Gasteiger partial charge in [0, 0.05) is 33.2 Å². The van der Waals surface area contributed by atoms with Gasteiger partial charge in [0.1, 0.15) is 18.2 Å². The average molecular weight is 360 g/mol.